The van der Waals surface area contributed by atoms with E-state index in [0.29, 0.717) is 6.61 Å². The van der Waals surface area contributed by atoms with Gasteiger partial charge < -0.3 is 0 Å². The summed E-state index contributed by atoms with van der Waals surface area (Å²) in [6.07, 6.45) is 2.11. The van der Waals surface area contributed by atoms with Gasteiger partial charge in [-0.3, -0.25) is 0 Å². The summed E-state index contributed by atoms with van der Waals surface area (Å²) in [4.78, 5) is 0. The van der Waals surface area contributed by atoms with Crippen LogP contribution in [0.3, 0.4) is 0 Å². The van der Waals surface area contributed by atoms with Crippen molar-refractivity contribution in [3.63, 3.8) is 0 Å². The Morgan fingerprint density at radius 2 is 1.29 bits per heavy atom. The fraction of sp³-hybridized carbons (Fsp3) is 0.714. The van der Waals surface area contributed by atoms with Gasteiger partial charge in [-0.1, -0.05) is 0 Å². The van der Waals surface area contributed by atoms with Crippen molar-refractivity contribution in [2.75, 3.05) is 33.0 Å². The minimum absolute atomic E-state index is 0.0975. The molecule has 0 N–H and O–H groups in total. The van der Waals surface area contributed by atoms with Crippen LogP contribution < -0.4 is 4.46 Å². The van der Waals surface area contributed by atoms with E-state index < -0.39 is 20.6 Å². The monoisotopic (exact) mass is 544 g/mol. The third-order valence-electron chi connectivity index (χ3n) is 4.18. The quantitative estimate of drug-likeness (QED) is 0.139. The third-order valence-corrected chi connectivity index (χ3v) is 12.6. The SMILES string of the molecule is CCCCOC(CC(P(=O)(OCC)OCC)P(=O)(OCC)OCC)[Se]c1ccccc1. The summed E-state index contributed by atoms with van der Waals surface area (Å²) in [6.45, 7) is 10.3. The summed E-state index contributed by atoms with van der Waals surface area (Å²) in [5, 5.41) is -1.34. The van der Waals surface area contributed by atoms with Crippen molar-refractivity contribution in [3.8, 4) is 0 Å². The zero-order valence-corrected chi connectivity index (χ0v) is 22.9. The van der Waals surface area contributed by atoms with Crippen LogP contribution in [0, 0.1) is 0 Å². The Kier molecular flexibility index (Phi) is 14.8. The van der Waals surface area contributed by atoms with Gasteiger partial charge in [-0.15, -0.1) is 0 Å². The average Bonchev–Trinajstić information content (AvgIpc) is 2.73. The van der Waals surface area contributed by atoms with Gasteiger partial charge in [0, 0.05) is 0 Å². The van der Waals surface area contributed by atoms with Crippen molar-refractivity contribution in [2.45, 2.75) is 64.3 Å². The van der Waals surface area contributed by atoms with Crippen molar-refractivity contribution < 1.29 is 32.0 Å². The topological polar surface area (TPSA) is 80.3 Å². The normalized spacial score (nSPS) is 13.6. The van der Waals surface area contributed by atoms with Crippen LogP contribution in [0.1, 0.15) is 53.9 Å². The molecule has 0 aliphatic heterocycles. The van der Waals surface area contributed by atoms with Crippen LogP contribution in [0.15, 0.2) is 30.3 Å². The molecule has 180 valence electrons. The Bertz CT molecular complexity index is 640. The van der Waals surface area contributed by atoms with Crippen LogP contribution in [0.25, 0.3) is 0 Å². The Morgan fingerprint density at radius 1 is 0.806 bits per heavy atom. The number of benzene rings is 1. The molecule has 1 atom stereocenters. The fourth-order valence-corrected chi connectivity index (χ4v) is 11.2. The van der Waals surface area contributed by atoms with E-state index in [0.717, 1.165) is 17.3 Å². The average molecular weight is 543 g/mol. The van der Waals surface area contributed by atoms with Gasteiger partial charge >= 0.3 is 194 Å². The Labute approximate surface area is 194 Å². The van der Waals surface area contributed by atoms with Gasteiger partial charge in [0.15, 0.2) is 0 Å². The van der Waals surface area contributed by atoms with Crippen LogP contribution >= 0.6 is 15.2 Å². The van der Waals surface area contributed by atoms with Gasteiger partial charge in [0.1, 0.15) is 0 Å². The van der Waals surface area contributed by atoms with Crippen molar-refractivity contribution in [1.29, 1.82) is 0 Å². The molecule has 0 aliphatic rings. The zero-order chi connectivity index (χ0) is 23.2. The number of ether oxygens (including phenoxy) is 1. The maximum absolute atomic E-state index is 13.8. The molecule has 1 aromatic rings. The molecule has 10 heteroatoms. The Morgan fingerprint density at radius 3 is 1.71 bits per heavy atom. The number of unbranched alkanes of at least 4 members (excludes halogenated alkanes) is 1. The molecule has 0 bridgehead atoms. The molecular weight excluding hydrogens is 505 g/mol. The van der Waals surface area contributed by atoms with E-state index in [1.807, 2.05) is 30.3 Å². The minimum atomic E-state index is -3.79. The van der Waals surface area contributed by atoms with Crippen molar-refractivity contribution in [2.24, 2.45) is 0 Å². The van der Waals surface area contributed by atoms with Gasteiger partial charge in [-0.2, -0.15) is 0 Å². The number of hydrogen-bond donors (Lipinski definition) is 0. The van der Waals surface area contributed by atoms with Gasteiger partial charge in [0.05, 0.1) is 0 Å². The van der Waals surface area contributed by atoms with Gasteiger partial charge in [0.25, 0.3) is 0 Å². The molecule has 1 unspecified atom stereocenters. The van der Waals surface area contributed by atoms with Crippen LogP contribution in [-0.4, -0.2) is 58.4 Å². The van der Waals surface area contributed by atoms with Crippen LogP contribution in [0.2, 0.25) is 0 Å². The predicted octanol–water partition coefficient (Wildman–Crippen LogP) is 5.41. The van der Waals surface area contributed by atoms with Gasteiger partial charge in [0.2, 0.25) is 0 Å². The molecule has 0 aliphatic carbocycles. The van der Waals surface area contributed by atoms with E-state index in [1.165, 1.54) is 0 Å². The maximum atomic E-state index is 13.8. The summed E-state index contributed by atoms with van der Waals surface area (Å²) in [5.41, 5.74) is 0. The van der Waals surface area contributed by atoms with Gasteiger partial charge in [-0.05, 0) is 0 Å². The summed E-state index contributed by atoms with van der Waals surface area (Å²) in [6, 6.07) is 10.0. The fourth-order valence-electron chi connectivity index (χ4n) is 2.90. The molecule has 0 spiro atoms. The van der Waals surface area contributed by atoms with E-state index in [9.17, 15) is 9.13 Å². The molecule has 0 aromatic heterocycles. The summed E-state index contributed by atoms with van der Waals surface area (Å²) < 4.78 is 57.3. The molecule has 0 amide bonds. The van der Waals surface area contributed by atoms with Crippen LogP contribution in [-0.2, 0) is 32.0 Å². The first-order valence-corrected chi connectivity index (χ1v) is 16.1. The standard InChI is InChI=1S/C21H38O7P2Se/c1-6-11-17-24-20(31-19-15-13-12-14-16-19)18-21(29(22,25-7-2)26-8-3)30(23,27-9-4)28-10-5/h12-16,20-21H,6-11,17-18H2,1-5H3. The number of rotatable bonds is 18. The molecule has 1 aromatic carbocycles. The Hall–Kier alpha value is -0.000519. The second kappa shape index (κ2) is 15.8. The number of hydrogen-bond acceptors (Lipinski definition) is 7. The molecule has 0 fully saturated rings. The molecule has 7 nitrogen and oxygen atoms in total. The molecule has 31 heavy (non-hydrogen) atoms. The van der Waals surface area contributed by atoms with Crippen LogP contribution in [0.5, 0.6) is 0 Å². The van der Waals surface area contributed by atoms with Crippen molar-refractivity contribution >= 4 is 34.6 Å². The molecular formula is C21H38O7P2Se. The molecule has 0 radical (unpaired) electrons. The summed E-state index contributed by atoms with van der Waals surface area (Å²) >= 11 is -0.0975. The predicted molar refractivity (Wildman–Crippen MR) is 127 cm³/mol. The third kappa shape index (κ3) is 9.80. The van der Waals surface area contributed by atoms with Gasteiger partial charge in [-0.25, -0.2) is 0 Å². The first-order chi connectivity index (χ1) is 14.9. The second-order valence-electron chi connectivity index (χ2n) is 6.55. The van der Waals surface area contributed by atoms with E-state index in [-0.39, 0.29) is 52.8 Å². The molecule has 1 rings (SSSR count). The van der Waals surface area contributed by atoms with Crippen molar-refractivity contribution in [1.82, 2.24) is 0 Å². The van der Waals surface area contributed by atoms with E-state index >= 15 is 0 Å². The summed E-state index contributed by atoms with van der Waals surface area (Å²) in [7, 11) is -7.58. The molecule has 0 saturated carbocycles. The first-order valence-electron chi connectivity index (χ1n) is 11.0. The summed E-state index contributed by atoms with van der Waals surface area (Å²) in [5.74, 6) is 0. The first kappa shape index (κ1) is 29.0. The van der Waals surface area contributed by atoms with E-state index in [1.54, 1.807) is 27.7 Å². The van der Waals surface area contributed by atoms with Crippen molar-refractivity contribution in [3.05, 3.63) is 30.3 Å². The molecule has 0 heterocycles. The van der Waals surface area contributed by atoms with E-state index in [2.05, 4.69) is 6.92 Å². The second-order valence-corrected chi connectivity index (χ2v) is 14.0. The van der Waals surface area contributed by atoms with Crippen LogP contribution in [0.4, 0.5) is 0 Å². The zero-order valence-electron chi connectivity index (χ0n) is 19.4. The Balaban J connectivity index is 3.32. The molecule has 0 saturated heterocycles. The van der Waals surface area contributed by atoms with E-state index in [4.69, 9.17) is 22.8 Å².